The summed E-state index contributed by atoms with van der Waals surface area (Å²) in [6.07, 6.45) is 0. The maximum atomic E-state index is 6.54. The van der Waals surface area contributed by atoms with E-state index < -0.39 is 0 Å². The molecule has 16 aromatic carbocycles. The summed E-state index contributed by atoms with van der Waals surface area (Å²) in [6.45, 7) is 0. The van der Waals surface area contributed by atoms with Gasteiger partial charge in [-0.25, -0.2) is 0 Å². The molecule has 0 spiro atoms. The van der Waals surface area contributed by atoms with Crippen LogP contribution in [-0.2, 0) is 0 Å². The lowest BCUT2D eigenvalue weighted by molar-refractivity contribution is 0.669. The van der Waals surface area contributed by atoms with Crippen molar-refractivity contribution in [1.82, 2.24) is 9.13 Å². The van der Waals surface area contributed by atoms with Gasteiger partial charge in [0.25, 0.3) is 0 Å². The molecule has 6 heteroatoms. The fourth-order valence-electron chi connectivity index (χ4n) is 15.7. The van der Waals surface area contributed by atoms with Gasteiger partial charge in [0, 0.05) is 99.7 Å². The molecule has 0 aliphatic heterocycles. The first-order valence-electron chi connectivity index (χ1n) is 34.8. The van der Waals surface area contributed by atoms with E-state index in [4.69, 9.17) is 8.83 Å². The van der Waals surface area contributed by atoms with Gasteiger partial charge in [-0.05, 0) is 190 Å². The molecule has 0 fully saturated rings. The van der Waals surface area contributed by atoms with Crippen LogP contribution in [0.15, 0.2) is 385 Å². The van der Waals surface area contributed by atoms with Crippen LogP contribution in [-0.4, -0.2) is 9.13 Å². The average molecular weight is 1300 g/mol. The first kappa shape index (κ1) is 58.5. The van der Waals surface area contributed by atoms with Crippen molar-refractivity contribution in [3.63, 3.8) is 0 Å². The van der Waals surface area contributed by atoms with Gasteiger partial charge in [-0.15, -0.1) is 0 Å². The Labute approximate surface area is 588 Å². The first-order chi connectivity index (χ1) is 50.6. The predicted molar refractivity (Wildman–Crippen MR) is 426 cm³/mol. The third kappa shape index (κ3) is 9.87. The number of para-hydroxylation sites is 8. The highest BCUT2D eigenvalue weighted by molar-refractivity contribution is 6.13. The highest BCUT2D eigenvalue weighted by Gasteiger charge is 2.22. The van der Waals surface area contributed by atoms with Crippen molar-refractivity contribution in [2.75, 3.05) is 9.80 Å². The molecule has 0 radical (unpaired) electrons. The van der Waals surface area contributed by atoms with Crippen molar-refractivity contribution in [3.05, 3.63) is 376 Å². The summed E-state index contributed by atoms with van der Waals surface area (Å²) in [5.41, 5.74) is 28.0. The van der Waals surface area contributed by atoms with Crippen molar-refractivity contribution < 1.29 is 8.83 Å². The molecule has 0 saturated heterocycles. The van der Waals surface area contributed by atoms with E-state index in [0.29, 0.717) is 0 Å². The zero-order valence-electron chi connectivity index (χ0n) is 55.4. The zero-order valence-corrected chi connectivity index (χ0v) is 55.4. The minimum Gasteiger partial charge on any atom is -0.455 e. The molecule has 20 aromatic rings. The fourth-order valence-corrected chi connectivity index (χ4v) is 15.7. The Hall–Kier alpha value is -13.7. The molecule has 478 valence electrons. The SMILES string of the molecule is c1ccc(-n2c3ccccc3c3cc(-c4ccc(N(c5ccc(-c6ccc(N(c7ccc(-c8ccc9c(c8)c8ccccc8n9-c8ccccc8)cc7)c7ccc(-c8cccc9c8oc8ccccc89)cc7)cc6)cc5)c5ccc(-c6cccc7c6oc6ccccc67)cc5)cc4)ccc32)cc1. The summed E-state index contributed by atoms with van der Waals surface area (Å²) in [6, 6.07) is 136. The molecule has 6 nitrogen and oxygen atoms in total. The van der Waals surface area contributed by atoms with Crippen LogP contribution >= 0.6 is 0 Å². The molecule has 102 heavy (non-hydrogen) atoms. The molecule has 20 rings (SSSR count). The lowest BCUT2D eigenvalue weighted by Gasteiger charge is -2.27. The number of furan rings is 2. The number of benzene rings is 16. The third-order valence-electron chi connectivity index (χ3n) is 20.6. The van der Waals surface area contributed by atoms with Crippen LogP contribution in [0, 0.1) is 0 Å². The van der Waals surface area contributed by atoms with Crippen LogP contribution < -0.4 is 9.80 Å². The van der Waals surface area contributed by atoms with Gasteiger partial charge < -0.3 is 27.8 Å². The van der Waals surface area contributed by atoms with Crippen molar-refractivity contribution in [2.24, 2.45) is 0 Å². The Morgan fingerprint density at radius 1 is 0.186 bits per heavy atom. The van der Waals surface area contributed by atoms with E-state index in [-0.39, 0.29) is 0 Å². The predicted octanol–water partition coefficient (Wildman–Crippen LogP) is 27.0. The molecule has 0 unspecified atom stereocenters. The van der Waals surface area contributed by atoms with E-state index in [0.717, 1.165) is 145 Å². The summed E-state index contributed by atoms with van der Waals surface area (Å²) < 4.78 is 17.8. The van der Waals surface area contributed by atoms with Crippen LogP contribution in [0.5, 0.6) is 0 Å². The molecule has 0 bridgehead atoms. The standard InChI is InChI=1S/C96H62N4O2/c1-3-17-71(18-4-1)99-89-29-11-7-21-81(89)87-61-69(45-59-91(87)99)65-37-51-75(52-38-65)97(77-55-41-67(42-56-77)79-25-15-27-85-83-23-9-13-31-93(83)101-95(79)85)73-47-33-63(34-48-73)64-35-49-74(50-36-64)98(78-57-43-68(44-58-78)80-26-16-28-86-84-24-10-14-32-94(84)102-96(80)86)76-53-39-66(40-54-76)70-46-60-92-88(62-70)82-22-8-12-30-90(82)100(92)72-19-5-2-6-20-72/h1-62H. The normalized spacial score (nSPS) is 11.7. The lowest BCUT2D eigenvalue weighted by atomic mass is 10.0. The van der Waals surface area contributed by atoms with Gasteiger partial charge in [-0.3, -0.25) is 0 Å². The molecular formula is C96H62N4O2. The second-order valence-corrected chi connectivity index (χ2v) is 26.4. The Morgan fingerprint density at radius 2 is 0.461 bits per heavy atom. The van der Waals surface area contributed by atoms with Crippen molar-refractivity contribution in [1.29, 1.82) is 0 Å². The summed E-state index contributed by atoms with van der Waals surface area (Å²) in [7, 11) is 0. The Morgan fingerprint density at radius 3 is 0.824 bits per heavy atom. The van der Waals surface area contributed by atoms with Gasteiger partial charge in [0.05, 0.1) is 22.1 Å². The van der Waals surface area contributed by atoms with E-state index in [1.54, 1.807) is 0 Å². The van der Waals surface area contributed by atoms with Crippen molar-refractivity contribution in [3.8, 4) is 67.0 Å². The molecule has 0 amide bonds. The average Bonchev–Trinajstić information content (AvgIpc) is 1.59. The van der Waals surface area contributed by atoms with Crippen LogP contribution in [0.25, 0.3) is 154 Å². The highest BCUT2D eigenvalue weighted by atomic mass is 16.3. The molecule has 4 heterocycles. The molecule has 4 aromatic heterocycles. The van der Waals surface area contributed by atoms with E-state index in [1.165, 1.54) is 43.6 Å². The number of anilines is 6. The lowest BCUT2D eigenvalue weighted by Crippen LogP contribution is -2.10. The van der Waals surface area contributed by atoms with Gasteiger partial charge in [0.2, 0.25) is 0 Å². The summed E-state index contributed by atoms with van der Waals surface area (Å²) in [4.78, 5) is 4.71. The molecule has 0 atom stereocenters. The molecule has 0 N–H and O–H groups in total. The maximum absolute atomic E-state index is 6.54. The topological polar surface area (TPSA) is 42.6 Å². The van der Waals surface area contributed by atoms with Gasteiger partial charge in [0.1, 0.15) is 22.3 Å². The van der Waals surface area contributed by atoms with Gasteiger partial charge >= 0.3 is 0 Å². The first-order valence-corrected chi connectivity index (χ1v) is 34.8. The number of aromatic nitrogens is 2. The van der Waals surface area contributed by atoms with Gasteiger partial charge in [-0.1, -0.05) is 231 Å². The summed E-state index contributed by atoms with van der Waals surface area (Å²) in [5.74, 6) is 0. The maximum Gasteiger partial charge on any atom is 0.143 e. The monoisotopic (exact) mass is 1300 g/mol. The molecule has 0 aliphatic rings. The van der Waals surface area contributed by atoms with Crippen molar-refractivity contribution in [2.45, 2.75) is 0 Å². The second kappa shape index (κ2) is 24.1. The number of rotatable bonds is 13. The van der Waals surface area contributed by atoms with Crippen LogP contribution in [0.2, 0.25) is 0 Å². The number of hydrogen-bond donors (Lipinski definition) is 0. The van der Waals surface area contributed by atoms with E-state index >= 15 is 0 Å². The van der Waals surface area contributed by atoms with E-state index in [2.05, 4.69) is 371 Å². The molecular weight excluding hydrogens is 1240 g/mol. The second-order valence-electron chi connectivity index (χ2n) is 26.4. The Kier molecular flexibility index (Phi) is 13.8. The van der Waals surface area contributed by atoms with Crippen molar-refractivity contribution >= 4 is 122 Å². The third-order valence-corrected chi connectivity index (χ3v) is 20.6. The molecule has 0 saturated carbocycles. The van der Waals surface area contributed by atoms with Crippen LogP contribution in [0.1, 0.15) is 0 Å². The number of hydrogen-bond acceptors (Lipinski definition) is 4. The molecule has 0 aliphatic carbocycles. The fraction of sp³-hybridized carbons (Fsp3) is 0. The summed E-state index contributed by atoms with van der Waals surface area (Å²) >= 11 is 0. The minimum atomic E-state index is 0.888. The quantitative estimate of drug-likeness (QED) is 0.115. The van der Waals surface area contributed by atoms with E-state index in [1.807, 2.05) is 24.3 Å². The summed E-state index contributed by atoms with van der Waals surface area (Å²) in [5, 5.41) is 9.38. The minimum absolute atomic E-state index is 0.888. The largest absolute Gasteiger partial charge is 0.455 e. The van der Waals surface area contributed by atoms with Crippen LogP contribution in [0.3, 0.4) is 0 Å². The van der Waals surface area contributed by atoms with Gasteiger partial charge in [0.15, 0.2) is 0 Å². The number of fused-ring (bicyclic) bond motifs is 12. The van der Waals surface area contributed by atoms with E-state index in [9.17, 15) is 0 Å². The smallest absolute Gasteiger partial charge is 0.143 e. The number of nitrogens with zero attached hydrogens (tertiary/aromatic N) is 4. The Balaban J connectivity index is 0.645. The van der Waals surface area contributed by atoms with Gasteiger partial charge in [-0.2, -0.15) is 0 Å². The zero-order chi connectivity index (χ0) is 67.2. The van der Waals surface area contributed by atoms with Crippen LogP contribution in [0.4, 0.5) is 34.1 Å². The highest BCUT2D eigenvalue weighted by Crippen LogP contribution is 2.45. The Bertz CT molecular complexity index is 6160.